The first-order chi connectivity index (χ1) is 9.85. The summed E-state index contributed by atoms with van der Waals surface area (Å²) in [5.74, 6) is 0.651. The van der Waals surface area contributed by atoms with Crippen molar-refractivity contribution in [3.63, 3.8) is 0 Å². The zero-order chi connectivity index (χ0) is 13.8. The molecule has 0 aliphatic carbocycles. The van der Waals surface area contributed by atoms with Crippen LogP contribution in [0.1, 0.15) is 26.2 Å². The van der Waals surface area contributed by atoms with E-state index in [0.717, 1.165) is 37.0 Å². The highest BCUT2D eigenvalue weighted by Crippen LogP contribution is 2.15. The maximum atomic E-state index is 4.53. The highest BCUT2D eigenvalue weighted by Gasteiger charge is 2.19. The molecule has 2 aromatic rings. The number of hydrogen-bond acceptors (Lipinski definition) is 5. The number of anilines is 1. The Morgan fingerprint density at radius 2 is 1.90 bits per heavy atom. The fourth-order valence-electron chi connectivity index (χ4n) is 2.74. The molecule has 1 aliphatic heterocycles. The summed E-state index contributed by atoms with van der Waals surface area (Å²) in [5.41, 5.74) is 1.74. The van der Waals surface area contributed by atoms with Gasteiger partial charge in [0.2, 0.25) is 5.95 Å². The Hall–Kier alpha value is -1.75. The van der Waals surface area contributed by atoms with Gasteiger partial charge in [-0.15, -0.1) is 10.2 Å². The van der Waals surface area contributed by atoms with E-state index in [2.05, 4.69) is 32.3 Å². The van der Waals surface area contributed by atoms with Crippen molar-refractivity contribution in [2.75, 3.05) is 25.0 Å². The van der Waals surface area contributed by atoms with E-state index in [4.69, 9.17) is 0 Å². The molecule has 1 aliphatic rings. The summed E-state index contributed by atoms with van der Waals surface area (Å²) in [5, 5.41) is 11.8. The quantitative estimate of drug-likeness (QED) is 0.924. The van der Waals surface area contributed by atoms with Crippen LogP contribution in [0.4, 0.5) is 5.95 Å². The lowest BCUT2D eigenvalue weighted by Gasteiger charge is -2.31. The van der Waals surface area contributed by atoms with Crippen molar-refractivity contribution >= 4 is 17.0 Å². The van der Waals surface area contributed by atoms with E-state index in [1.807, 2.05) is 24.3 Å². The number of aromatic nitrogens is 3. The fourth-order valence-corrected chi connectivity index (χ4v) is 2.74. The minimum absolute atomic E-state index is 0.464. The molecule has 0 bridgehead atoms. The predicted molar refractivity (Wildman–Crippen MR) is 80.7 cm³/mol. The highest BCUT2D eigenvalue weighted by molar-refractivity contribution is 5.74. The lowest BCUT2D eigenvalue weighted by molar-refractivity contribution is 0.219. The minimum Gasteiger partial charge on any atom is -0.350 e. The Kier molecular flexibility index (Phi) is 4.06. The van der Waals surface area contributed by atoms with Crippen LogP contribution in [0.15, 0.2) is 24.3 Å². The van der Waals surface area contributed by atoms with Crippen molar-refractivity contribution in [2.24, 2.45) is 0 Å². The van der Waals surface area contributed by atoms with E-state index < -0.39 is 0 Å². The maximum absolute atomic E-state index is 4.53. The minimum atomic E-state index is 0.464. The van der Waals surface area contributed by atoms with Crippen LogP contribution in [0.5, 0.6) is 0 Å². The van der Waals surface area contributed by atoms with Crippen LogP contribution in [0, 0.1) is 0 Å². The van der Waals surface area contributed by atoms with E-state index >= 15 is 0 Å². The number of likely N-dealkylation sites (tertiary alicyclic amines) is 1. The number of nitrogens with one attached hydrogen (secondary N) is 1. The number of benzene rings is 1. The topological polar surface area (TPSA) is 53.9 Å². The van der Waals surface area contributed by atoms with E-state index in [0.29, 0.717) is 12.0 Å². The third-order valence-electron chi connectivity index (χ3n) is 3.82. The fraction of sp³-hybridized carbons (Fsp3) is 0.533. The standard InChI is InChI=1S/C15H21N5/c1-2-9-20-10-7-12(8-11-20)16-15-17-13-5-3-4-6-14(13)18-19-15/h3-6,12H,2,7-11H2,1H3,(H,16,17,19). The van der Waals surface area contributed by atoms with E-state index in [9.17, 15) is 0 Å². The third kappa shape index (κ3) is 3.04. The van der Waals surface area contributed by atoms with Crippen molar-refractivity contribution in [1.82, 2.24) is 20.1 Å². The van der Waals surface area contributed by atoms with E-state index in [1.54, 1.807) is 0 Å². The second-order valence-electron chi connectivity index (χ2n) is 5.38. The number of hydrogen-bond donors (Lipinski definition) is 1. The van der Waals surface area contributed by atoms with Crippen LogP contribution in [0.3, 0.4) is 0 Å². The molecule has 0 saturated carbocycles. The predicted octanol–water partition coefficient (Wildman–Crippen LogP) is 2.31. The molecule has 0 spiro atoms. The molecule has 0 atom stereocenters. The van der Waals surface area contributed by atoms with Crippen molar-refractivity contribution < 1.29 is 0 Å². The van der Waals surface area contributed by atoms with Crippen molar-refractivity contribution in [2.45, 2.75) is 32.2 Å². The third-order valence-corrected chi connectivity index (χ3v) is 3.82. The number of rotatable bonds is 4. The average Bonchev–Trinajstić information content (AvgIpc) is 2.49. The molecule has 1 N–H and O–H groups in total. The van der Waals surface area contributed by atoms with Gasteiger partial charge in [0.15, 0.2) is 0 Å². The second kappa shape index (κ2) is 6.13. The van der Waals surface area contributed by atoms with Gasteiger partial charge in [0, 0.05) is 19.1 Å². The average molecular weight is 271 g/mol. The van der Waals surface area contributed by atoms with Gasteiger partial charge >= 0.3 is 0 Å². The molecular weight excluding hydrogens is 250 g/mol. The first-order valence-corrected chi connectivity index (χ1v) is 7.43. The zero-order valence-electron chi connectivity index (χ0n) is 11.9. The lowest BCUT2D eigenvalue weighted by atomic mass is 10.1. The zero-order valence-corrected chi connectivity index (χ0v) is 11.9. The molecule has 20 heavy (non-hydrogen) atoms. The van der Waals surface area contributed by atoms with Crippen LogP contribution in [-0.2, 0) is 0 Å². The Labute approximate surface area is 119 Å². The summed E-state index contributed by atoms with van der Waals surface area (Å²) in [6.45, 7) is 5.76. The SMILES string of the molecule is CCCN1CCC(Nc2nnc3ccccc3n2)CC1. The van der Waals surface area contributed by atoms with Gasteiger partial charge in [-0.25, -0.2) is 4.98 Å². The molecule has 1 saturated heterocycles. The molecule has 2 heterocycles. The van der Waals surface area contributed by atoms with Crippen molar-refractivity contribution in [3.8, 4) is 0 Å². The molecular formula is C15H21N5. The number of para-hydroxylation sites is 1. The van der Waals surface area contributed by atoms with Crippen LogP contribution in [0.2, 0.25) is 0 Å². The molecule has 5 nitrogen and oxygen atoms in total. The largest absolute Gasteiger partial charge is 0.350 e. The summed E-state index contributed by atoms with van der Waals surface area (Å²) in [4.78, 5) is 7.05. The monoisotopic (exact) mass is 271 g/mol. The smallest absolute Gasteiger partial charge is 0.243 e. The van der Waals surface area contributed by atoms with Crippen LogP contribution < -0.4 is 5.32 Å². The van der Waals surface area contributed by atoms with E-state index in [-0.39, 0.29) is 0 Å². The first-order valence-electron chi connectivity index (χ1n) is 7.43. The Morgan fingerprint density at radius 3 is 2.65 bits per heavy atom. The summed E-state index contributed by atoms with van der Waals surface area (Å²) < 4.78 is 0. The Bertz CT molecular complexity index is 563. The van der Waals surface area contributed by atoms with Gasteiger partial charge in [0.05, 0.1) is 5.52 Å². The number of piperidine rings is 1. The van der Waals surface area contributed by atoms with Gasteiger partial charge in [0.1, 0.15) is 5.52 Å². The number of fused-ring (bicyclic) bond motifs is 1. The Balaban J connectivity index is 1.62. The summed E-state index contributed by atoms with van der Waals surface area (Å²) >= 11 is 0. The molecule has 1 fully saturated rings. The normalized spacial score (nSPS) is 17.4. The summed E-state index contributed by atoms with van der Waals surface area (Å²) in [7, 11) is 0. The molecule has 0 unspecified atom stereocenters. The van der Waals surface area contributed by atoms with Crippen LogP contribution >= 0.6 is 0 Å². The van der Waals surface area contributed by atoms with Gasteiger partial charge in [-0.05, 0) is 37.9 Å². The highest BCUT2D eigenvalue weighted by atomic mass is 15.2. The van der Waals surface area contributed by atoms with Gasteiger partial charge in [-0.3, -0.25) is 0 Å². The summed E-state index contributed by atoms with van der Waals surface area (Å²) in [6.07, 6.45) is 3.53. The lowest BCUT2D eigenvalue weighted by Crippen LogP contribution is -2.39. The molecule has 0 radical (unpaired) electrons. The van der Waals surface area contributed by atoms with Crippen LogP contribution in [-0.4, -0.2) is 45.8 Å². The molecule has 1 aromatic carbocycles. The molecule has 106 valence electrons. The van der Waals surface area contributed by atoms with Gasteiger partial charge in [-0.1, -0.05) is 19.1 Å². The number of nitrogens with zero attached hydrogens (tertiary/aromatic N) is 4. The maximum Gasteiger partial charge on any atom is 0.243 e. The second-order valence-corrected chi connectivity index (χ2v) is 5.38. The van der Waals surface area contributed by atoms with Crippen LogP contribution in [0.25, 0.3) is 11.0 Å². The molecule has 0 amide bonds. The first kappa shape index (κ1) is 13.2. The van der Waals surface area contributed by atoms with Gasteiger partial charge in [0.25, 0.3) is 0 Å². The van der Waals surface area contributed by atoms with E-state index in [1.165, 1.54) is 13.0 Å². The molecule has 3 rings (SSSR count). The molecule has 1 aromatic heterocycles. The van der Waals surface area contributed by atoms with Gasteiger partial charge < -0.3 is 10.2 Å². The molecule has 5 heteroatoms. The van der Waals surface area contributed by atoms with Crippen molar-refractivity contribution in [1.29, 1.82) is 0 Å². The van der Waals surface area contributed by atoms with Gasteiger partial charge in [-0.2, -0.15) is 0 Å². The Morgan fingerprint density at radius 1 is 1.15 bits per heavy atom. The van der Waals surface area contributed by atoms with Crippen molar-refractivity contribution in [3.05, 3.63) is 24.3 Å². The summed E-state index contributed by atoms with van der Waals surface area (Å²) in [6, 6.07) is 8.30.